The summed E-state index contributed by atoms with van der Waals surface area (Å²) in [6.07, 6.45) is 0. The first-order valence-corrected chi connectivity index (χ1v) is 1.86. The molecule has 4 nitrogen and oxygen atoms in total. The lowest BCUT2D eigenvalue weighted by Crippen LogP contribution is -2.37. The summed E-state index contributed by atoms with van der Waals surface area (Å²) in [5.41, 5.74) is 3.69. The summed E-state index contributed by atoms with van der Waals surface area (Å²) in [5.74, 6) is 0. The molecule has 0 rings (SSSR count). The van der Waals surface area contributed by atoms with Crippen molar-refractivity contribution in [2.24, 2.45) is 10.9 Å². The summed E-state index contributed by atoms with van der Waals surface area (Å²) in [7, 11) is 0. The Balaban J connectivity index is 3.58. The van der Waals surface area contributed by atoms with Crippen LogP contribution in [-0.2, 0) is 0 Å². The van der Waals surface area contributed by atoms with E-state index in [1.54, 1.807) is 0 Å². The van der Waals surface area contributed by atoms with Gasteiger partial charge >= 0.3 is 0 Å². The summed E-state index contributed by atoms with van der Waals surface area (Å²) >= 11 is 0. The molecule has 0 aliphatic heterocycles. The van der Waals surface area contributed by atoms with E-state index >= 15 is 0 Å². The van der Waals surface area contributed by atoms with E-state index in [-0.39, 0.29) is 0 Å². The highest BCUT2D eigenvalue weighted by Crippen LogP contribution is 1.95. The summed E-state index contributed by atoms with van der Waals surface area (Å²) in [6.45, 7) is 0.941. The molecule has 1 atom stereocenters. The SMILES string of the molecule is CC(N)(CO)N=O. The van der Waals surface area contributed by atoms with E-state index in [0.717, 1.165) is 0 Å². The molecule has 3 N–H and O–H groups in total. The van der Waals surface area contributed by atoms with Gasteiger partial charge in [-0.25, -0.2) is 0 Å². The number of aliphatic hydroxyl groups excluding tert-OH is 1. The van der Waals surface area contributed by atoms with Crippen LogP contribution in [0.15, 0.2) is 5.18 Å². The van der Waals surface area contributed by atoms with Gasteiger partial charge in [0, 0.05) is 0 Å². The first-order chi connectivity index (χ1) is 3.12. The molecule has 1 unspecified atom stereocenters. The van der Waals surface area contributed by atoms with Crippen LogP contribution in [0.1, 0.15) is 6.92 Å². The van der Waals surface area contributed by atoms with Crippen LogP contribution in [0, 0.1) is 4.91 Å². The number of aliphatic hydroxyl groups is 1. The molecule has 0 aromatic carbocycles. The summed E-state index contributed by atoms with van der Waals surface area (Å²) < 4.78 is 0. The molecule has 0 aromatic heterocycles. The normalized spacial score (nSPS) is 18.1. The van der Waals surface area contributed by atoms with Crippen molar-refractivity contribution in [1.82, 2.24) is 0 Å². The Morgan fingerprint density at radius 3 is 2.43 bits per heavy atom. The molecular formula is C3H8N2O2. The molecule has 0 spiro atoms. The number of rotatable bonds is 2. The van der Waals surface area contributed by atoms with Crippen LogP contribution in [0.5, 0.6) is 0 Å². The van der Waals surface area contributed by atoms with Crippen molar-refractivity contribution >= 4 is 0 Å². The number of nitrogens with two attached hydrogens (primary N) is 1. The highest BCUT2D eigenvalue weighted by Gasteiger charge is 2.15. The minimum absolute atomic E-state index is 0.406. The lowest BCUT2D eigenvalue weighted by Gasteiger charge is -2.08. The molecule has 0 heterocycles. The Labute approximate surface area is 41.3 Å². The molecule has 0 saturated heterocycles. The zero-order valence-electron chi connectivity index (χ0n) is 4.09. The fourth-order valence-electron chi connectivity index (χ4n) is 0.0289. The van der Waals surface area contributed by atoms with Gasteiger partial charge in [0.15, 0.2) is 5.66 Å². The van der Waals surface area contributed by atoms with Gasteiger partial charge in [0.2, 0.25) is 0 Å². The van der Waals surface area contributed by atoms with Crippen LogP contribution < -0.4 is 5.73 Å². The van der Waals surface area contributed by atoms with Crippen molar-refractivity contribution in [3.8, 4) is 0 Å². The molecular weight excluding hydrogens is 96.0 g/mol. The predicted octanol–water partition coefficient (Wildman–Crippen LogP) is -0.580. The third-order valence-electron chi connectivity index (χ3n) is 0.529. The van der Waals surface area contributed by atoms with Crippen molar-refractivity contribution in [1.29, 1.82) is 0 Å². The third-order valence-corrected chi connectivity index (χ3v) is 0.529. The minimum Gasteiger partial charge on any atom is -0.392 e. The van der Waals surface area contributed by atoms with Crippen LogP contribution in [0.4, 0.5) is 0 Å². The predicted molar refractivity (Wildman–Crippen MR) is 25.5 cm³/mol. The molecule has 42 valence electrons. The molecule has 0 fully saturated rings. The van der Waals surface area contributed by atoms with Gasteiger partial charge < -0.3 is 10.8 Å². The topological polar surface area (TPSA) is 75.7 Å². The second kappa shape index (κ2) is 1.99. The Kier molecular flexibility index (Phi) is 1.86. The van der Waals surface area contributed by atoms with E-state index in [1.165, 1.54) is 6.92 Å². The van der Waals surface area contributed by atoms with Crippen LogP contribution in [0.25, 0.3) is 0 Å². The first-order valence-electron chi connectivity index (χ1n) is 1.86. The average Bonchev–Trinajstić information content (AvgIpc) is 1.68. The Hall–Kier alpha value is -0.480. The Morgan fingerprint density at radius 1 is 2.00 bits per heavy atom. The van der Waals surface area contributed by atoms with E-state index in [2.05, 4.69) is 5.18 Å². The van der Waals surface area contributed by atoms with Gasteiger partial charge in [-0.2, -0.15) is 0 Å². The van der Waals surface area contributed by atoms with Crippen LogP contribution >= 0.6 is 0 Å². The molecule has 0 aromatic rings. The second-order valence-electron chi connectivity index (χ2n) is 1.61. The molecule has 0 radical (unpaired) electrons. The maximum atomic E-state index is 9.52. The van der Waals surface area contributed by atoms with Crippen molar-refractivity contribution in [3.05, 3.63) is 4.91 Å². The maximum absolute atomic E-state index is 9.52. The van der Waals surface area contributed by atoms with Crippen molar-refractivity contribution in [2.75, 3.05) is 6.61 Å². The zero-order valence-corrected chi connectivity index (χ0v) is 4.09. The number of hydrogen-bond acceptors (Lipinski definition) is 4. The van der Waals surface area contributed by atoms with Gasteiger partial charge in [-0.05, 0) is 12.1 Å². The van der Waals surface area contributed by atoms with Gasteiger partial charge in [-0.3, -0.25) is 0 Å². The lowest BCUT2D eigenvalue weighted by molar-refractivity contribution is 0.213. The van der Waals surface area contributed by atoms with Gasteiger partial charge in [0.1, 0.15) is 0 Å². The van der Waals surface area contributed by atoms with Crippen molar-refractivity contribution < 1.29 is 5.11 Å². The molecule has 0 amide bonds. The summed E-state index contributed by atoms with van der Waals surface area (Å²) in [5, 5.41) is 10.6. The fraction of sp³-hybridized carbons (Fsp3) is 1.00. The molecule has 0 bridgehead atoms. The van der Waals surface area contributed by atoms with Crippen molar-refractivity contribution in [3.63, 3.8) is 0 Å². The standard InChI is InChI=1S/C3H8N2O2/c1-3(4,2-6)5-7/h6H,2,4H2,1H3. The van der Waals surface area contributed by atoms with Crippen LogP contribution in [0.3, 0.4) is 0 Å². The highest BCUT2D eigenvalue weighted by atomic mass is 16.3. The smallest absolute Gasteiger partial charge is 0.170 e. The largest absolute Gasteiger partial charge is 0.392 e. The molecule has 0 aliphatic rings. The van der Waals surface area contributed by atoms with Gasteiger partial charge in [0.05, 0.1) is 6.61 Å². The zero-order chi connectivity index (χ0) is 5.91. The maximum Gasteiger partial charge on any atom is 0.170 e. The van der Waals surface area contributed by atoms with Gasteiger partial charge in [-0.1, -0.05) is 0 Å². The summed E-state index contributed by atoms with van der Waals surface area (Å²) in [4.78, 5) is 9.52. The first kappa shape index (κ1) is 6.52. The Bertz CT molecular complexity index is 71.3. The van der Waals surface area contributed by atoms with Crippen molar-refractivity contribution in [2.45, 2.75) is 12.6 Å². The van der Waals surface area contributed by atoms with E-state index in [0.29, 0.717) is 0 Å². The van der Waals surface area contributed by atoms with Gasteiger partial charge in [0.25, 0.3) is 0 Å². The average molecular weight is 104 g/mol. The minimum atomic E-state index is -1.29. The molecule has 0 aliphatic carbocycles. The van der Waals surface area contributed by atoms with Gasteiger partial charge in [-0.15, -0.1) is 4.91 Å². The number of hydrogen-bond donors (Lipinski definition) is 2. The quantitative estimate of drug-likeness (QED) is 0.460. The van der Waals surface area contributed by atoms with Crippen LogP contribution in [-0.4, -0.2) is 17.4 Å². The monoisotopic (exact) mass is 104 g/mol. The van der Waals surface area contributed by atoms with E-state index in [9.17, 15) is 4.91 Å². The number of nitrogens with zero attached hydrogens (tertiary/aromatic N) is 1. The molecule has 4 heteroatoms. The van der Waals surface area contributed by atoms with Crippen LogP contribution in [0.2, 0.25) is 0 Å². The molecule has 0 saturated carbocycles. The van der Waals surface area contributed by atoms with E-state index < -0.39 is 12.3 Å². The lowest BCUT2D eigenvalue weighted by atomic mass is 10.3. The molecule has 7 heavy (non-hydrogen) atoms. The highest BCUT2D eigenvalue weighted by molar-refractivity contribution is 4.71. The summed E-state index contributed by atoms with van der Waals surface area (Å²) in [6, 6.07) is 0. The second-order valence-corrected chi connectivity index (χ2v) is 1.61. The van der Waals surface area contributed by atoms with E-state index in [1.807, 2.05) is 0 Å². The number of nitroso groups, excluding NO2 is 1. The third kappa shape index (κ3) is 2.24. The van der Waals surface area contributed by atoms with E-state index in [4.69, 9.17) is 10.8 Å². The Morgan fingerprint density at radius 2 is 2.43 bits per heavy atom. The fourth-order valence-corrected chi connectivity index (χ4v) is 0.0289.